The van der Waals surface area contributed by atoms with E-state index in [9.17, 15) is 0 Å². The highest BCUT2D eigenvalue weighted by Gasteiger charge is 2.15. The number of halogens is 1. The Morgan fingerprint density at radius 3 is 2.79 bits per heavy atom. The van der Waals surface area contributed by atoms with Crippen molar-refractivity contribution >= 4 is 28.2 Å². The minimum absolute atomic E-state index is 0.101. The van der Waals surface area contributed by atoms with E-state index in [1.54, 1.807) is 13.3 Å². The zero-order valence-corrected chi connectivity index (χ0v) is 12.5. The van der Waals surface area contributed by atoms with E-state index in [1.165, 1.54) is 0 Å². The lowest BCUT2D eigenvalue weighted by Crippen LogP contribution is -2.29. The number of hydrogen-bond donors (Lipinski definition) is 1. The maximum absolute atomic E-state index is 6.37. The molecular formula is C15H19ClN2O. The molecule has 1 heterocycles. The van der Waals surface area contributed by atoms with Gasteiger partial charge in [-0.25, -0.2) is 0 Å². The molecule has 1 N–H and O–H groups in total. The number of methoxy groups -OCH3 is 1. The molecule has 0 radical (unpaired) electrons. The van der Waals surface area contributed by atoms with Crippen LogP contribution in [0.15, 0.2) is 24.4 Å². The van der Waals surface area contributed by atoms with Gasteiger partial charge in [-0.3, -0.25) is 4.98 Å². The first-order chi connectivity index (χ1) is 9.04. The third kappa shape index (κ3) is 2.82. The second-order valence-corrected chi connectivity index (χ2v) is 5.23. The number of benzene rings is 1. The van der Waals surface area contributed by atoms with Crippen LogP contribution in [0.2, 0.25) is 5.02 Å². The van der Waals surface area contributed by atoms with Gasteiger partial charge in [-0.15, -0.1) is 0 Å². The van der Waals surface area contributed by atoms with E-state index in [-0.39, 0.29) is 12.1 Å². The summed E-state index contributed by atoms with van der Waals surface area (Å²) < 4.78 is 5.34. The van der Waals surface area contributed by atoms with Gasteiger partial charge in [0, 0.05) is 24.7 Å². The smallest absolute Gasteiger partial charge is 0.0752 e. The Kier molecular flexibility index (Phi) is 4.27. The molecule has 0 spiro atoms. The summed E-state index contributed by atoms with van der Waals surface area (Å²) >= 11 is 6.37. The second-order valence-electron chi connectivity index (χ2n) is 4.82. The van der Waals surface area contributed by atoms with Crippen molar-refractivity contribution in [1.82, 2.24) is 4.98 Å². The van der Waals surface area contributed by atoms with Crippen LogP contribution in [-0.2, 0) is 4.74 Å². The van der Waals surface area contributed by atoms with E-state index in [0.717, 1.165) is 22.2 Å². The average Bonchev–Trinajstić information content (AvgIpc) is 2.42. The number of aromatic nitrogens is 1. The van der Waals surface area contributed by atoms with Gasteiger partial charge in [0.2, 0.25) is 0 Å². The minimum Gasteiger partial charge on any atom is -0.380 e. The Balaban J connectivity index is 2.48. The molecule has 3 nitrogen and oxygen atoms in total. The summed E-state index contributed by atoms with van der Waals surface area (Å²) in [4.78, 5) is 4.42. The Morgan fingerprint density at radius 1 is 1.37 bits per heavy atom. The van der Waals surface area contributed by atoms with E-state index < -0.39 is 0 Å². The predicted octanol–water partition coefficient (Wildman–Crippen LogP) is 4.03. The number of anilines is 1. The second kappa shape index (κ2) is 5.76. The van der Waals surface area contributed by atoms with Crippen molar-refractivity contribution in [3.63, 3.8) is 0 Å². The Hall–Kier alpha value is -1.32. The molecule has 4 heteroatoms. The quantitative estimate of drug-likeness (QED) is 0.917. The number of ether oxygens (including phenoxy) is 1. The van der Waals surface area contributed by atoms with Gasteiger partial charge in [0.25, 0.3) is 0 Å². The maximum Gasteiger partial charge on any atom is 0.0752 e. The summed E-state index contributed by atoms with van der Waals surface area (Å²) in [6, 6.07) is 6.07. The van der Waals surface area contributed by atoms with Crippen LogP contribution in [0, 0.1) is 6.92 Å². The van der Waals surface area contributed by atoms with E-state index >= 15 is 0 Å². The molecule has 0 aliphatic carbocycles. The van der Waals surface area contributed by atoms with E-state index in [4.69, 9.17) is 16.3 Å². The van der Waals surface area contributed by atoms with Crippen LogP contribution in [0.3, 0.4) is 0 Å². The summed E-state index contributed by atoms with van der Waals surface area (Å²) in [5.74, 6) is 0. The molecule has 0 aliphatic heterocycles. The fourth-order valence-corrected chi connectivity index (χ4v) is 2.40. The van der Waals surface area contributed by atoms with Gasteiger partial charge in [-0.2, -0.15) is 0 Å². The van der Waals surface area contributed by atoms with Crippen molar-refractivity contribution in [2.24, 2.45) is 0 Å². The highest BCUT2D eigenvalue weighted by Crippen LogP contribution is 2.33. The summed E-state index contributed by atoms with van der Waals surface area (Å²) in [5.41, 5.74) is 2.98. The lowest BCUT2D eigenvalue weighted by molar-refractivity contribution is 0.106. The van der Waals surface area contributed by atoms with Gasteiger partial charge < -0.3 is 10.1 Å². The topological polar surface area (TPSA) is 34.1 Å². The number of hydrogen-bond acceptors (Lipinski definition) is 3. The first kappa shape index (κ1) is 14.1. The first-order valence-corrected chi connectivity index (χ1v) is 6.75. The van der Waals surface area contributed by atoms with Crippen LogP contribution >= 0.6 is 11.6 Å². The molecule has 2 aromatic rings. The van der Waals surface area contributed by atoms with Gasteiger partial charge in [0.05, 0.1) is 22.3 Å². The monoisotopic (exact) mass is 278 g/mol. The van der Waals surface area contributed by atoms with Crippen LogP contribution in [0.5, 0.6) is 0 Å². The van der Waals surface area contributed by atoms with Crippen molar-refractivity contribution < 1.29 is 4.74 Å². The standard InChI is InChI=1S/C15H19ClN2O/c1-9-8-13(16)15(18-10(2)11(3)19-4)12-6-5-7-17-14(9)12/h5-8,10-11,18H,1-4H3. The number of nitrogens with zero attached hydrogens (tertiary/aromatic N) is 1. The molecule has 0 saturated carbocycles. The van der Waals surface area contributed by atoms with E-state index in [2.05, 4.69) is 17.2 Å². The number of rotatable bonds is 4. The third-order valence-electron chi connectivity index (χ3n) is 3.48. The van der Waals surface area contributed by atoms with Gasteiger partial charge in [-0.1, -0.05) is 11.6 Å². The Labute approximate surface area is 118 Å². The number of aryl methyl sites for hydroxylation is 1. The molecular weight excluding hydrogens is 260 g/mol. The summed E-state index contributed by atoms with van der Waals surface area (Å²) in [6.45, 7) is 6.12. The molecule has 19 heavy (non-hydrogen) atoms. The molecule has 0 amide bonds. The SMILES string of the molecule is COC(C)C(C)Nc1c(Cl)cc(C)c2ncccc12. The largest absolute Gasteiger partial charge is 0.380 e. The van der Waals surface area contributed by atoms with Crippen LogP contribution in [0.4, 0.5) is 5.69 Å². The molecule has 2 atom stereocenters. The van der Waals surface area contributed by atoms with E-state index in [0.29, 0.717) is 5.02 Å². The average molecular weight is 279 g/mol. The van der Waals surface area contributed by atoms with Crippen LogP contribution in [-0.4, -0.2) is 24.2 Å². The normalized spacial score (nSPS) is 14.4. The molecule has 1 aromatic carbocycles. The Bertz CT molecular complexity index is 586. The van der Waals surface area contributed by atoms with Gasteiger partial charge in [0.15, 0.2) is 0 Å². The number of pyridine rings is 1. The molecule has 2 rings (SSSR count). The van der Waals surface area contributed by atoms with Crippen LogP contribution in [0.25, 0.3) is 10.9 Å². The van der Waals surface area contributed by atoms with Gasteiger partial charge in [-0.05, 0) is 44.5 Å². The highest BCUT2D eigenvalue weighted by atomic mass is 35.5. The number of fused-ring (bicyclic) bond motifs is 1. The van der Waals surface area contributed by atoms with E-state index in [1.807, 2.05) is 32.0 Å². The van der Waals surface area contributed by atoms with Crippen molar-refractivity contribution in [3.05, 3.63) is 35.0 Å². The minimum atomic E-state index is 0.101. The van der Waals surface area contributed by atoms with Crippen molar-refractivity contribution in [3.8, 4) is 0 Å². The maximum atomic E-state index is 6.37. The zero-order chi connectivity index (χ0) is 14.0. The third-order valence-corrected chi connectivity index (χ3v) is 3.78. The van der Waals surface area contributed by atoms with Crippen LogP contribution in [0.1, 0.15) is 19.4 Å². The van der Waals surface area contributed by atoms with Gasteiger partial charge in [0.1, 0.15) is 0 Å². The molecule has 0 fully saturated rings. The number of nitrogens with one attached hydrogen (secondary N) is 1. The van der Waals surface area contributed by atoms with Crippen molar-refractivity contribution in [2.75, 3.05) is 12.4 Å². The first-order valence-electron chi connectivity index (χ1n) is 6.37. The summed E-state index contributed by atoms with van der Waals surface area (Å²) in [6.07, 6.45) is 1.90. The molecule has 0 saturated heterocycles. The van der Waals surface area contributed by atoms with Crippen LogP contribution < -0.4 is 5.32 Å². The fourth-order valence-electron chi connectivity index (χ4n) is 2.08. The van der Waals surface area contributed by atoms with Crippen molar-refractivity contribution in [2.45, 2.75) is 32.9 Å². The molecule has 2 unspecified atom stereocenters. The van der Waals surface area contributed by atoms with Crippen molar-refractivity contribution in [1.29, 1.82) is 0 Å². The lowest BCUT2D eigenvalue weighted by Gasteiger charge is -2.23. The summed E-state index contributed by atoms with van der Waals surface area (Å²) in [5, 5.41) is 5.19. The summed E-state index contributed by atoms with van der Waals surface area (Å²) in [7, 11) is 1.71. The molecule has 1 aromatic heterocycles. The fraction of sp³-hybridized carbons (Fsp3) is 0.400. The molecule has 0 aliphatic rings. The molecule has 0 bridgehead atoms. The highest BCUT2D eigenvalue weighted by molar-refractivity contribution is 6.35. The lowest BCUT2D eigenvalue weighted by atomic mass is 10.1. The Morgan fingerprint density at radius 2 is 2.11 bits per heavy atom. The zero-order valence-electron chi connectivity index (χ0n) is 11.7. The van der Waals surface area contributed by atoms with Gasteiger partial charge >= 0.3 is 0 Å². The molecule has 102 valence electrons. The predicted molar refractivity (Wildman–Crippen MR) is 81.0 cm³/mol.